The molecular weight excluding hydrogens is 288 g/mol. The Balaban J connectivity index is 1.45. The Labute approximate surface area is 140 Å². The molecule has 128 valence electrons. The van der Waals surface area contributed by atoms with Crippen LogP contribution in [0.25, 0.3) is 0 Å². The first-order valence-electron chi connectivity index (χ1n) is 8.94. The van der Waals surface area contributed by atoms with Crippen molar-refractivity contribution in [3.05, 3.63) is 35.4 Å². The summed E-state index contributed by atoms with van der Waals surface area (Å²) < 4.78 is 5.36. The number of hydrogen-bond acceptors (Lipinski definition) is 3. The van der Waals surface area contributed by atoms with Crippen molar-refractivity contribution in [3.63, 3.8) is 0 Å². The largest absolute Gasteiger partial charge is 0.379 e. The number of hydrogen-bond donors (Lipinski definition) is 1. The van der Waals surface area contributed by atoms with Crippen LogP contribution in [0.3, 0.4) is 0 Å². The zero-order chi connectivity index (χ0) is 16.3. The highest BCUT2D eigenvalue weighted by Crippen LogP contribution is 2.11. The van der Waals surface area contributed by atoms with Crippen LogP contribution < -0.4 is 5.73 Å². The van der Waals surface area contributed by atoms with Gasteiger partial charge in [0.2, 0.25) is 5.91 Å². The zero-order valence-corrected chi connectivity index (χ0v) is 14.1. The molecule has 0 spiro atoms. The van der Waals surface area contributed by atoms with Gasteiger partial charge in [-0.3, -0.25) is 9.69 Å². The van der Waals surface area contributed by atoms with Crippen molar-refractivity contribution in [2.24, 2.45) is 5.73 Å². The summed E-state index contributed by atoms with van der Waals surface area (Å²) in [7, 11) is 0. The first kappa shape index (κ1) is 18.0. The zero-order valence-electron chi connectivity index (χ0n) is 14.1. The SMILES string of the molecule is NC(=O)c1ccc(CCCCCCCCN2CCOCC2)cc1. The number of morpholine rings is 1. The molecule has 4 nitrogen and oxygen atoms in total. The third-order valence-corrected chi connectivity index (χ3v) is 4.53. The van der Waals surface area contributed by atoms with E-state index in [0.29, 0.717) is 5.56 Å². The average molecular weight is 318 g/mol. The summed E-state index contributed by atoms with van der Waals surface area (Å²) in [6.07, 6.45) is 8.91. The molecule has 1 aliphatic heterocycles. The molecule has 0 aliphatic carbocycles. The van der Waals surface area contributed by atoms with Crippen LogP contribution in [0.1, 0.15) is 54.4 Å². The summed E-state index contributed by atoms with van der Waals surface area (Å²) in [4.78, 5) is 13.5. The minimum absolute atomic E-state index is 0.353. The molecule has 0 unspecified atom stereocenters. The maximum Gasteiger partial charge on any atom is 0.248 e. The highest BCUT2D eigenvalue weighted by molar-refractivity contribution is 5.92. The van der Waals surface area contributed by atoms with Gasteiger partial charge in [0, 0.05) is 18.7 Å². The van der Waals surface area contributed by atoms with Gasteiger partial charge in [0.1, 0.15) is 0 Å². The molecule has 0 atom stereocenters. The lowest BCUT2D eigenvalue weighted by molar-refractivity contribution is 0.0371. The standard InChI is InChI=1S/C19H30N2O2/c20-19(22)18-10-8-17(9-11-18)7-5-3-1-2-4-6-12-21-13-15-23-16-14-21/h8-11H,1-7,12-16H2,(H2,20,22). The fourth-order valence-corrected chi connectivity index (χ4v) is 3.03. The summed E-state index contributed by atoms with van der Waals surface area (Å²) >= 11 is 0. The number of rotatable bonds is 10. The first-order chi connectivity index (χ1) is 11.3. The molecule has 1 aliphatic rings. The Morgan fingerprint density at radius 2 is 1.57 bits per heavy atom. The molecule has 0 bridgehead atoms. The molecule has 1 heterocycles. The van der Waals surface area contributed by atoms with Gasteiger partial charge in [0.05, 0.1) is 13.2 Å². The number of nitrogens with zero attached hydrogens (tertiary/aromatic N) is 1. The second-order valence-electron chi connectivity index (χ2n) is 6.39. The third kappa shape index (κ3) is 7.14. The molecule has 0 aromatic heterocycles. The smallest absolute Gasteiger partial charge is 0.248 e. The number of benzene rings is 1. The molecule has 1 fully saturated rings. The molecule has 0 radical (unpaired) electrons. The van der Waals surface area contributed by atoms with E-state index in [9.17, 15) is 4.79 Å². The number of amides is 1. The maximum atomic E-state index is 11.0. The second kappa shape index (κ2) is 10.4. The topological polar surface area (TPSA) is 55.6 Å². The van der Waals surface area contributed by atoms with E-state index in [2.05, 4.69) is 4.90 Å². The number of nitrogens with two attached hydrogens (primary N) is 1. The van der Waals surface area contributed by atoms with E-state index in [-0.39, 0.29) is 5.91 Å². The number of carbonyl (C=O) groups is 1. The minimum atomic E-state index is -0.353. The van der Waals surface area contributed by atoms with Crippen molar-refractivity contribution in [1.29, 1.82) is 0 Å². The van der Waals surface area contributed by atoms with Crippen LogP contribution in [0.5, 0.6) is 0 Å². The number of ether oxygens (including phenoxy) is 1. The second-order valence-corrected chi connectivity index (χ2v) is 6.39. The van der Waals surface area contributed by atoms with Crippen LogP contribution in [0.15, 0.2) is 24.3 Å². The van der Waals surface area contributed by atoms with Crippen LogP contribution in [0, 0.1) is 0 Å². The Morgan fingerprint density at radius 1 is 0.957 bits per heavy atom. The van der Waals surface area contributed by atoms with Gasteiger partial charge in [0.15, 0.2) is 0 Å². The number of unbranched alkanes of at least 4 members (excludes halogenated alkanes) is 5. The van der Waals surface area contributed by atoms with Crippen LogP contribution in [-0.4, -0.2) is 43.7 Å². The Kier molecular flexibility index (Phi) is 8.12. The van der Waals surface area contributed by atoms with Crippen molar-refractivity contribution in [2.45, 2.75) is 44.9 Å². The minimum Gasteiger partial charge on any atom is -0.379 e. The normalized spacial score (nSPS) is 15.7. The molecule has 0 saturated carbocycles. The molecule has 1 amide bonds. The number of primary amides is 1. The Bertz CT molecular complexity index is 453. The van der Waals surface area contributed by atoms with Crippen molar-refractivity contribution >= 4 is 5.91 Å². The Hall–Kier alpha value is -1.39. The van der Waals surface area contributed by atoms with Crippen molar-refractivity contribution in [2.75, 3.05) is 32.8 Å². The van der Waals surface area contributed by atoms with Crippen LogP contribution >= 0.6 is 0 Å². The lowest BCUT2D eigenvalue weighted by Crippen LogP contribution is -2.36. The van der Waals surface area contributed by atoms with Gasteiger partial charge in [-0.25, -0.2) is 0 Å². The maximum absolute atomic E-state index is 11.0. The summed E-state index contributed by atoms with van der Waals surface area (Å²) in [6.45, 7) is 5.25. The summed E-state index contributed by atoms with van der Waals surface area (Å²) in [5.74, 6) is -0.353. The van der Waals surface area contributed by atoms with Crippen molar-refractivity contribution < 1.29 is 9.53 Å². The lowest BCUT2D eigenvalue weighted by Gasteiger charge is -2.26. The quantitative estimate of drug-likeness (QED) is 0.675. The van der Waals surface area contributed by atoms with Crippen LogP contribution in [0.4, 0.5) is 0 Å². The van der Waals surface area contributed by atoms with Gasteiger partial charge >= 0.3 is 0 Å². The van der Waals surface area contributed by atoms with Gasteiger partial charge in [-0.05, 0) is 43.5 Å². The monoisotopic (exact) mass is 318 g/mol. The predicted octanol–water partition coefficient (Wildman–Crippen LogP) is 3.00. The molecule has 23 heavy (non-hydrogen) atoms. The summed E-state index contributed by atoms with van der Waals surface area (Å²) in [6, 6.07) is 7.68. The molecule has 1 saturated heterocycles. The molecule has 2 rings (SSSR count). The summed E-state index contributed by atoms with van der Waals surface area (Å²) in [5, 5.41) is 0. The van der Waals surface area contributed by atoms with Crippen molar-refractivity contribution in [1.82, 2.24) is 4.90 Å². The van der Waals surface area contributed by atoms with Gasteiger partial charge in [0.25, 0.3) is 0 Å². The highest BCUT2D eigenvalue weighted by Gasteiger charge is 2.08. The first-order valence-corrected chi connectivity index (χ1v) is 8.94. The van der Waals surface area contributed by atoms with Gasteiger partial charge in [-0.15, -0.1) is 0 Å². The van der Waals surface area contributed by atoms with E-state index < -0.39 is 0 Å². The van der Waals surface area contributed by atoms with Crippen LogP contribution in [-0.2, 0) is 11.2 Å². The fourth-order valence-electron chi connectivity index (χ4n) is 3.03. The molecular formula is C19H30N2O2. The van der Waals surface area contributed by atoms with E-state index in [1.54, 1.807) is 0 Å². The molecule has 1 aromatic carbocycles. The lowest BCUT2D eigenvalue weighted by atomic mass is 10.0. The van der Waals surface area contributed by atoms with E-state index in [4.69, 9.17) is 10.5 Å². The number of carbonyl (C=O) groups excluding carboxylic acids is 1. The third-order valence-electron chi connectivity index (χ3n) is 4.53. The predicted molar refractivity (Wildman–Crippen MR) is 93.6 cm³/mol. The van der Waals surface area contributed by atoms with E-state index in [1.807, 2.05) is 24.3 Å². The Morgan fingerprint density at radius 3 is 2.22 bits per heavy atom. The summed E-state index contributed by atoms with van der Waals surface area (Å²) in [5.41, 5.74) is 7.13. The van der Waals surface area contributed by atoms with E-state index in [0.717, 1.165) is 32.7 Å². The molecule has 4 heteroatoms. The number of aryl methyl sites for hydroxylation is 1. The van der Waals surface area contributed by atoms with Crippen LogP contribution in [0.2, 0.25) is 0 Å². The van der Waals surface area contributed by atoms with E-state index >= 15 is 0 Å². The van der Waals surface area contributed by atoms with Gasteiger partial charge in [-0.1, -0.05) is 37.8 Å². The van der Waals surface area contributed by atoms with Gasteiger partial charge < -0.3 is 10.5 Å². The molecule has 2 N–H and O–H groups in total. The molecule has 1 aromatic rings. The van der Waals surface area contributed by atoms with E-state index in [1.165, 1.54) is 50.6 Å². The average Bonchev–Trinajstić information content (AvgIpc) is 2.58. The van der Waals surface area contributed by atoms with Gasteiger partial charge in [-0.2, -0.15) is 0 Å². The highest BCUT2D eigenvalue weighted by atomic mass is 16.5. The fraction of sp³-hybridized carbons (Fsp3) is 0.632. The van der Waals surface area contributed by atoms with Crippen molar-refractivity contribution in [3.8, 4) is 0 Å².